The molecule has 22 heavy (non-hydrogen) atoms. The minimum Gasteiger partial charge on any atom is -0.492 e. The molecule has 0 spiro atoms. The summed E-state index contributed by atoms with van der Waals surface area (Å²) in [7, 11) is 0. The van der Waals surface area contributed by atoms with Crippen LogP contribution in [0.25, 0.3) is 0 Å². The smallest absolute Gasteiger partial charge is 0.157 e. The number of ether oxygens (including phenoxy) is 1. The fourth-order valence-corrected chi connectivity index (χ4v) is 2.00. The zero-order valence-electron chi connectivity index (χ0n) is 12.0. The lowest BCUT2D eigenvalue weighted by Crippen LogP contribution is -2.13. The second-order valence-corrected chi connectivity index (χ2v) is 4.73. The Bertz CT molecular complexity index is 710. The van der Waals surface area contributed by atoms with E-state index in [1.807, 2.05) is 30.3 Å². The van der Waals surface area contributed by atoms with Crippen LogP contribution in [0.1, 0.15) is 11.5 Å². The molecule has 0 fully saturated rings. The Morgan fingerprint density at radius 2 is 1.95 bits per heavy atom. The molecule has 0 amide bonds. The number of benzene rings is 1. The molecule has 2 N–H and O–H groups in total. The summed E-state index contributed by atoms with van der Waals surface area (Å²) < 4.78 is 7.38. The van der Waals surface area contributed by atoms with Crippen LogP contribution in [0.4, 0.5) is 5.69 Å². The Morgan fingerprint density at radius 3 is 2.73 bits per heavy atom. The van der Waals surface area contributed by atoms with E-state index in [2.05, 4.69) is 20.5 Å². The number of rotatable bonds is 6. The lowest BCUT2D eigenvalue weighted by molar-refractivity contribution is 0.287. The van der Waals surface area contributed by atoms with Gasteiger partial charge in [-0.15, -0.1) is 5.10 Å². The number of aromatic nitrogens is 5. The van der Waals surface area contributed by atoms with Crippen molar-refractivity contribution >= 4 is 5.69 Å². The number of pyridine rings is 1. The summed E-state index contributed by atoms with van der Waals surface area (Å²) in [5, 5.41) is 11.7. The molecule has 0 aliphatic heterocycles. The van der Waals surface area contributed by atoms with Gasteiger partial charge in [0.1, 0.15) is 12.4 Å². The summed E-state index contributed by atoms with van der Waals surface area (Å²) in [4.78, 5) is 4.28. The number of tetrazole rings is 1. The van der Waals surface area contributed by atoms with Crippen LogP contribution in [0, 0.1) is 0 Å². The second kappa shape index (κ2) is 6.66. The molecule has 0 radical (unpaired) electrons. The third-order valence-electron chi connectivity index (χ3n) is 3.12. The lowest BCUT2D eigenvalue weighted by atomic mass is 10.2. The van der Waals surface area contributed by atoms with Crippen molar-refractivity contribution < 1.29 is 4.74 Å². The van der Waals surface area contributed by atoms with Gasteiger partial charge in [0.15, 0.2) is 5.82 Å². The van der Waals surface area contributed by atoms with Gasteiger partial charge >= 0.3 is 0 Å². The first kappa shape index (κ1) is 14.0. The van der Waals surface area contributed by atoms with E-state index in [1.165, 1.54) is 0 Å². The average Bonchev–Trinajstić information content (AvgIpc) is 2.98. The highest BCUT2D eigenvalue weighted by Gasteiger charge is 2.07. The summed E-state index contributed by atoms with van der Waals surface area (Å²) in [5.41, 5.74) is 7.28. The first-order chi connectivity index (χ1) is 10.8. The average molecular weight is 296 g/mol. The highest BCUT2D eigenvalue weighted by Crippen LogP contribution is 2.13. The fraction of sp³-hybridized carbons (Fsp3) is 0.200. The zero-order chi connectivity index (χ0) is 15.2. The van der Waals surface area contributed by atoms with Crippen molar-refractivity contribution in [3.8, 4) is 5.75 Å². The number of anilines is 1. The van der Waals surface area contributed by atoms with Crippen LogP contribution >= 0.6 is 0 Å². The van der Waals surface area contributed by atoms with E-state index >= 15 is 0 Å². The Hall–Kier alpha value is -2.96. The Balaban J connectivity index is 1.57. The molecule has 112 valence electrons. The first-order valence-corrected chi connectivity index (χ1v) is 6.94. The molecule has 2 aromatic heterocycles. The molecule has 0 aliphatic carbocycles. The van der Waals surface area contributed by atoms with Crippen LogP contribution in [0.3, 0.4) is 0 Å². The maximum Gasteiger partial charge on any atom is 0.157 e. The summed E-state index contributed by atoms with van der Waals surface area (Å²) in [5.74, 6) is 1.54. The SMILES string of the molecule is Nc1ccc(OCCn2nnnc2Cc2ccccn2)cc1. The molecular weight excluding hydrogens is 280 g/mol. The summed E-state index contributed by atoms with van der Waals surface area (Å²) in [6, 6.07) is 13.1. The van der Waals surface area contributed by atoms with Gasteiger partial charge in [0.05, 0.1) is 13.0 Å². The van der Waals surface area contributed by atoms with E-state index < -0.39 is 0 Å². The van der Waals surface area contributed by atoms with E-state index in [4.69, 9.17) is 10.5 Å². The molecule has 0 saturated carbocycles. The molecule has 0 atom stereocenters. The van der Waals surface area contributed by atoms with Gasteiger partial charge in [0.2, 0.25) is 0 Å². The van der Waals surface area contributed by atoms with Gasteiger partial charge in [-0.1, -0.05) is 6.07 Å². The third-order valence-corrected chi connectivity index (χ3v) is 3.12. The minimum atomic E-state index is 0.476. The topological polar surface area (TPSA) is 91.7 Å². The quantitative estimate of drug-likeness (QED) is 0.690. The van der Waals surface area contributed by atoms with Gasteiger partial charge in [-0.3, -0.25) is 4.98 Å². The van der Waals surface area contributed by atoms with Gasteiger partial charge in [-0.2, -0.15) is 0 Å². The van der Waals surface area contributed by atoms with E-state index in [-0.39, 0.29) is 0 Å². The highest BCUT2D eigenvalue weighted by atomic mass is 16.5. The van der Waals surface area contributed by atoms with Crippen molar-refractivity contribution in [1.82, 2.24) is 25.2 Å². The van der Waals surface area contributed by atoms with Crippen LogP contribution in [-0.2, 0) is 13.0 Å². The van der Waals surface area contributed by atoms with Gasteiger partial charge in [0, 0.05) is 17.6 Å². The molecule has 3 aromatic rings. The first-order valence-electron chi connectivity index (χ1n) is 6.94. The lowest BCUT2D eigenvalue weighted by Gasteiger charge is -2.07. The molecule has 3 rings (SSSR count). The largest absolute Gasteiger partial charge is 0.492 e. The molecule has 0 aliphatic rings. The van der Waals surface area contributed by atoms with Crippen LogP contribution in [0.15, 0.2) is 48.7 Å². The van der Waals surface area contributed by atoms with Crippen molar-refractivity contribution in [2.45, 2.75) is 13.0 Å². The maximum atomic E-state index is 5.65. The van der Waals surface area contributed by atoms with Crippen molar-refractivity contribution in [1.29, 1.82) is 0 Å². The number of nitrogen functional groups attached to an aromatic ring is 1. The van der Waals surface area contributed by atoms with Crippen molar-refractivity contribution in [3.63, 3.8) is 0 Å². The van der Waals surface area contributed by atoms with Crippen molar-refractivity contribution in [3.05, 3.63) is 60.2 Å². The second-order valence-electron chi connectivity index (χ2n) is 4.73. The zero-order valence-corrected chi connectivity index (χ0v) is 12.0. The normalized spacial score (nSPS) is 10.5. The standard InChI is InChI=1S/C15H16N6O/c16-12-4-6-14(7-5-12)22-10-9-21-15(18-19-20-21)11-13-3-1-2-8-17-13/h1-8H,9-11,16H2. The summed E-state index contributed by atoms with van der Waals surface area (Å²) >= 11 is 0. The Kier molecular flexibility index (Phi) is 4.24. The predicted octanol–water partition coefficient (Wildman–Crippen LogP) is 1.32. The predicted molar refractivity (Wildman–Crippen MR) is 81.2 cm³/mol. The van der Waals surface area contributed by atoms with E-state index in [1.54, 1.807) is 23.0 Å². The highest BCUT2D eigenvalue weighted by molar-refractivity contribution is 5.41. The number of nitrogens with two attached hydrogens (primary N) is 1. The molecule has 0 bridgehead atoms. The molecule has 7 nitrogen and oxygen atoms in total. The van der Waals surface area contributed by atoms with E-state index in [9.17, 15) is 0 Å². The molecule has 2 heterocycles. The Morgan fingerprint density at radius 1 is 1.09 bits per heavy atom. The van der Waals surface area contributed by atoms with E-state index in [0.29, 0.717) is 25.3 Å². The van der Waals surface area contributed by atoms with Crippen molar-refractivity contribution in [2.24, 2.45) is 0 Å². The van der Waals surface area contributed by atoms with Gasteiger partial charge in [0.25, 0.3) is 0 Å². The number of hydrogen-bond acceptors (Lipinski definition) is 6. The maximum absolute atomic E-state index is 5.65. The fourth-order valence-electron chi connectivity index (χ4n) is 2.00. The third kappa shape index (κ3) is 3.57. The van der Waals surface area contributed by atoms with Crippen molar-refractivity contribution in [2.75, 3.05) is 12.3 Å². The van der Waals surface area contributed by atoms with Crippen LogP contribution < -0.4 is 10.5 Å². The molecule has 0 unspecified atom stereocenters. The molecule has 0 saturated heterocycles. The summed E-state index contributed by atoms with van der Waals surface area (Å²) in [6.45, 7) is 1.05. The van der Waals surface area contributed by atoms with Crippen LogP contribution in [-0.4, -0.2) is 31.8 Å². The molecule has 1 aromatic carbocycles. The molecule has 7 heteroatoms. The van der Waals surface area contributed by atoms with Gasteiger partial charge in [-0.05, 0) is 46.8 Å². The van der Waals surface area contributed by atoms with E-state index in [0.717, 1.165) is 17.3 Å². The van der Waals surface area contributed by atoms with Crippen LogP contribution in [0.2, 0.25) is 0 Å². The molecular formula is C15H16N6O. The van der Waals surface area contributed by atoms with Crippen LogP contribution in [0.5, 0.6) is 5.75 Å². The summed E-state index contributed by atoms with van der Waals surface area (Å²) in [6.07, 6.45) is 2.35. The number of hydrogen-bond donors (Lipinski definition) is 1. The monoisotopic (exact) mass is 296 g/mol. The minimum absolute atomic E-state index is 0.476. The van der Waals surface area contributed by atoms with Gasteiger partial charge in [-0.25, -0.2) is 4.68 Å². The van der Waals surface area contributed by atoms with Gasteiger partial charge < -0.3 is 10.5 Å². The number of nitrogens with zero attached hydrogens (tertiary/aromatic N) is 5. The Labute approximate surface area is 127 Å².